The van der Waals surface area contributed by atoms with E-state index in [9.17, 15) is 18.0 Å². The van der Waals surface area contributed by atoms with Gasteiger partial charge in [0.1, 0.15) is 5.82 Å². The van der Waals surface area contributed by atoms with Gasteiger partial charge in [-0.15, -0.1) is 10.2 Å². The van der Waals surface area contributed by atoms with Crippen molar-refractivity contribution in [2.75, 3.05) is 62.8 Å². The predicted molar refractivity (Wildman–Crippen MR) is 144 cm³/mol. The summed E-state index contributed by atoms with van der Waals surface area (Å²) in [6, 6.07) is 11.6. The standard InChI is InChI=1S/C22H21F3N4O3.C5H11NS/c23-19-11-16(21-26-27-22(32-21)20(24)25)3-4-17(19)13-29(14-30)18-5-1-15(2-6-18)12-28-7-9-31-10-8-28;1-6-2-4-7-5-3-6/h1-6,11,14,20H,7-10,12-13H2;2-5H2,1H3. The molecule has 0 unspecified atom stereocenters. The van der Waals surface area contributed by atoms with Crippen LogP contribution in [0.5, 0.6) is 0 Å². The molecule has 0 aliphatic carbocycles. The molecule has 8 nitrogen and oxygen atoms in total. The number of amides is 1. The van der Waals surface area contributed by atoms with Crippen LogP contribution >= 0.6 is 11.8 Å². The summed E-state index contributed by atoms with van der Waals surface area (Å²) in [6.45, 7) is 6.57. The Hall–Kier alpha value is -2.93. The topological polar surface area (TPSA) is 74.9 Å². The quantitative estimate of drug-likeness (QED) is 0.372. The molecule has 3 heterocycles. The van der Waals surface area contributed by atoms with Crippen molar-refractivity contribution < 1.29 is 27.1 Å². The Kier molecular flexibility index (Phi) is 10.8. The van der Waals surface area contributed by atoms with E-state index in [1.165, 1.54) is 41.6 Å². The van der Waals surface area contributed by atoms with Gasteiger partial charge in [-0.2, -0.15) is 20.5 Å². The molecule has 12 heteroatoms. The molecule has 210 valence electrons. The molecular formula is C27H32F3N5O3S. The first-order chi connectivity index (χ1) is 18.9. The Morgan fingerprint density at radius 3 is 2.33 bits per heavy atom. The third-order valence-electron chi connectivity index (χ3n) is 6.41. The van der Waals surface area contributed by atoms with Crippen LogP contribution in [0.25, 0.3) is 11.5 Å². The van der Waals surface area contributed by atoms with Crippen LogP contribution in [0.2, 0.25) is 0 Å². The van der Waals surface area contributed by atoms with E-state index in [0.29, 0.717) is 12.1 Å². The van der Waals surface area contributed by atoms with Gasteiger partial charge < -0.3 is 19.0 Å². The lowest BCUT2D eigenvalue weighted by atomic mass is 10.1. The van der Waals surface area contributed by atoms with Gasteiger partial charge in [0, 0.05) is 61.0 Å². The number of ether oxygens (including phenoxy) is 1. The molecule has 1 amide bonds. The van der Waals surface area contributed by atoms with Crippen LogP contribution in [0.4, 0.5) is 18.9 Å². The normalized spacial score (nSPS) is 16.5. The smallest absolute Gasteiger partial charge is 0.314 e. The number of halogens is 3. The fourth-order valence-electron chi connectivity index (χ4n) is 4.09. The molecule has 2 aromatic carbocycles. The summed E-state index contributed by atoms with van der Waals surface area (Å²) in [6.07, 6.45) is -2.26. The van der Waals surface area contributed by atoms with Gasteiger partial charge in [0.2, 0.25) is 12.3 Å². The number of rotatable bonds is 8. The fraction of sp³-hybridized carbons (Fsp3) is 0.444. The molecular weight excluding hydrogens is 531 g/mol. The van der Waals surface area contributed by atoms with Gasteiger partial charge in [-0.25, -0.2) is 4.39 Å². The zero-order valence-electron chi connectivity index (χ0n) is 21.8. The summed E-state index contributed by atoms with van der Waals surface area (Å²) in [5.41, 5.74) is 2.18. The molecule has 0 spiro atoms. The molecule has 2 aliphatic heterocycles. The second-order valence-corrected chi connectivity index (χ2v) is 10.5. The van der Waals surface area contributed by atoms with Crippen molar-refractivity contribution in [2.45, 2.75) is 19.5 Å². The van der Waals surface area contributed by atoms with Crippen LogP contribution in [-0.2, 0) is 22.6 Å². The molecule has 0 bridgehead atoms. The molecule has 39 heavy (non-hydrogen) atoms. The number of benzene rings is 2. The van der Waals surface area contributed by atoms with E-state index in [-0.39, 0.29) is 23.6 Å². The Morgan fingerprint density at radius 2 is 1.77 bits per heavy atom. The highest BCUT2D eigenvalue weighted by atomic mass is 32.2. The third kappa shape index (κ3) is 8.53. The third-order valence-corrected chi connectivity index (χ3v) is 7.35. The zero-order chi connectivity index (χ0) is 27.6. The Labute approximate surface area is 230 Å². The van der Waals surface area contributed by atoms with Crippen molar-refractivity contribution in [1.29, 1.82) is 0 Å². The number of aromatic nitrogens is 2. The van der Waals surface area contributed by atoms with Crippen molar-refractivity contribution in [2.24, 2.45) is 0 Å². The van der Waals surface area contributed by atoms with Crippen LogP contribution in [-0.4, -0.2) is 84.4 Å². The monoisotopic (exact) mass is 563 g/mol. The van der Waals surface area contributed by atoms with Gasteiger partial charge in [-0.3, -0.25) is 9.69 Å². The van der Waals surface area contributed by atoms with Crippen molar-refractivity contribution in [3.8, 4) is 11.5 Å². The van der Waals surface area contributed by atoms with E-state index < -0.39 is 18.1 Å². The van der Waals surface area contributed by atoms with Crippen LogP contribution in [0.15, 0.2) is 46.9 Å². The minimum absolute atomic E-state index is 0.00451. The maximum Gasteiger partial charge on any atom is 0.314 e. The largest absolute Gasteiger partial charge is 0.415 e. The van der Waals surface area contributed by atoms with E-state index >= 15 is 0 Å². The molecule has 0 atom stereocenters. The summed E-state index contributed by atoms with van der Waals surface area (Å²) in [4.78, 5) is 17.7. The van der Waals surface area contributed by atoms with Gasteiger partial charge >= 0.3 is 6.43 Å². The number of carbonyl (C=O) groups is 1. The van der Waals surface area contributed by atoms with E-state index in [4.69, 9.17) is 9.15 Å². The number of anilines is 1. The van der Waals surface area contributed by atoms with E-state index in [1.807, 2.05) is 24.3 Å². The lowest BCUT2D eigenvalue weighted by molar-refractivity contribution is -0.107. The first kappa shape index (κ1) is 29.1. The highest BCUT2D eigenvalue weighted by molar-refractivity contribution is 7.99. The van der Waals surface area contributed by atoms with Gasteiger partial charge in [-0.1, -0.05) is 18.2 Å². The number of nitrogens with zero attached hydrogens (tertiary/aromatic N) is 5. The average Bonchev–Trinajstić information content (AvgIpc) is 3.45. The SMILES string of the molecule is CN1CCSCC1.O=CN(Cc1ccc(-c2nnc(C(F)F)o2)cc1F)c1ccc(CN2CCOCC2)cc1. The minimum atomic E-state index is -2.90. The van der Waals surface area contributed by atoms with Gasteiger partial charge in [0.05, 0.1) is 19.8 Å². The minimum Gasteiger partial charge on any atom is -0.415 e. The summed E-state index contributed by atoms with van der Waals surface area (Å²) in [5, 5.41) is 6.75. The van der Waals surface area contributed by atoms with Crippen molar-refractivity contribution in [1.82, 2.24) is 20.0 Å². The molecule has 2 fully saturated rings. The maximum absolute atomic E-state index is 14.6. The van der Waals surface area contributed by atoms with Gasteiger partial charge in [-0.05, 0) is 36.9 Å². The molecule has 1 aromatic heterocycles. The van der Waals surface area contributed by atoms with E-state index in [2.05, 4.69) is 38.8 Å². The lowest BCUT2D eigenvalue weighted by Crippen LogP contribution is -2.35. The highest BCUT2D eigenvalue weighted by Gasteiger charge is 2.18. The number of morpholine rings is 1. The molecule has 2 saturated heterocycles. The van der Waals surface area contributed by atoms with E-state index in [1.54, 1.807) is 0 Å². The molecule has 5 rings (SSSR count). The second kappa shape index (κ2) is 14.5. The average molecular weight is 564 g/mol. The van der Waals surface area contributed by atoms with Crippen molar-refractivity contribution >= 4 is 23.9 Å². The fourth-order valence-corrected chi connectivity index (χ4v) is 5.17. The first-order valence-corrected chi connectivity index (χ1v) is 13.9. The summed E-state index contributed by atoms with van der Waals surface area (Å²) in [7, 11) is 2.18. The van der Waals surface area contributed by atoms with Gasteiger partial charge in [0.25, 0.3) is 5.89 Å². The number of thioether (sulfide) groups is 1. The molecule has 3 aromatic rings. The van der Waals surface area contributed by atoms with Crippen LogP contribution < -0.4 is 4.90 Å². The molecule has 0 N–H and O–H groups in total. The molecule has 0 saturated carbocycles. The number of alkyl halides is 2. The van der Waals surface area contributed by atoms with Crippen LogP contribution in [0.3, 0.4) is 0 Å². The summed E-state index contributed by atoms with van der Waals surface area (Å²) in [5.74, 6) is 1.02. The lowest BCUT2D eigenvalue weighted by Gasteiger charge is -2.26. The van der Waals surface area contributed by atoms with Gasteiger partial charge in [0.15, 0.2) is 0 Å². The van der Waals surface area contributed by atoms with Crippen molar-refractivity contribution in [3.05, 3.63) is 65.3 Å². The molecule has 0 radical (unpaired) electrons. The summed E-state index contributed by atoms with van der Waals surface area (Å²) < 4.78 is 50.1. The van der Waals surface area contributed by atoms with Crippen molar-refractivity contribution in [3.63, 3.8) is 0 Å². The van der Waals surface area contributed by atoms with Crippen LogP contribution in [0, 0.1) is 5.82 Å². The highest BCUT2D eigenvalue weighted by Crippen LogP contribution is 2.26. The Bertz CT molecular complexity index is 1190. The number of carbonyl (C=O) groups excluding carboxylic acids is 1. The van der Waals surface area contributed by atoms with E-state index in [0.717, 1.165) is 44.5 Å². The second-order valence-electron chi connectivity index (χ2n) is 9.26. The predicted octanol–water partition coefficient (Wildman–Crippen LogP) is 4.47. The van der Waals surface area contributed by atoms with Crippen LogP contribution in [0.1, 0.15) is 23.4 Å². The number of hydrogen-bond acceptors (Lipinski definition) is 8. The summed E-state index contributed by atoms with van der Waals surface area (Å²) >= 11 is 2.06. The zero-order valence-corrected chi connectivity index (χ0v) is 22.6. The maximum atomic E-state index is 14.6. The first-order valence-electron chi connectivity index (χ1n) is 12.7. The number of hydrogen-bond donors (Lipinski definition) is 0. The Balaban J connectivity index is 0.000000438. The molecule has 2 aliphatic rings. The Morgan fingerprint density at radius 1 is 1.05 bits per heavy atom.